The Kier molecular flexibility index (Phi) is 4.99. The molecule has 0 saturated carbocycles. The van der Waals surface area contributed by atoms with Crippen LogP contribution in [0.15, 0.2) is 64.1 Å². The average molecular weight is 406 g/mol. The lowest BCUT2D eigenvalue weighted by Crippen LogP contribution is -2.16. The molecule has 0 saturated heterocycles. The van der Waals surface area contributed by atoms with Gasteiger partial charge in [0.2, 0.25) is 0 Å². The number of hydrogen-bond acceptors (Lipinski definition) is 3. The van der Waals surface area contributed by atoms with Crippen molar-refractivity contribution >= 4 is 34.7 Å². The Bertz CT molecular complexity index is 1220. The number of benzene rings is 2. The van der Waals surface area contributed by atoms with Gasteiger partial charge in [-0.15, -0.1) is 0 Å². The smallest absolute Gasteiger partial charge is 0.307 e. The Morgan fingerprint density at radius 2 is 1.90 bits per heavy atom. The maximum absolute atomic E-state index is 12.3. The summed E-state index contributed by atoms with van der Waals surface area (Å²) in [6.07, 6.45) is 1.64. The number of halogens is 1. The number of aromatic nitrogens is 1. The number of carbonyl (C=O) groups excluding carboxylic acids is 1. The SMILES string of the molecule is Cc1c(Cl)cccc1-n1c(C)cc(/C=N/NC(=O)c2cc3ccccc3o2)c1C. The Morgan fingerprint density at radius 3 is 2.69 bits per heavy atom. The van der Waals surface area contributed by atoms with Crippen LogP contribution in [0.3, 0.4) is 0 Å². The topological polar surface area (TPSA) is 59.5 Å². The van der Waals surface area contributed by atoms with Crippen LogP contribution >= 0.6 is 11.6 Å². The second kappa shape index (κ2) is 7.60. The zero-order valence-corrected chi connectivity index (χ0v) is 17.1. The van der Waals surface area contributed by atoms with Gasteiger partial charge in [0.05, 0.1) is 6.21 Å². The Labute approximate surface area is 173 Å². The van der Waals surface area contributed by atoms with Gasteiger partial charge in [-0.25, -0.2) is 5.43 Å². The van der Waals surface area contributed by atoms with Gasteiger partial charge in [-0.1, -0.05) is 35.9 Å². The van der Waals surface area contributed by atoms with Gasteiger partial charge >= 0.3 is 5.91 Å². The summed E-state index contributed by atoms with van der Waals surface area (Å²) in [5.74, 6) is -0.166. The van der Waals surface area contributed by atoms with Crippen LogP contribution in [0.4, 0.5) is 0 Å². The van der Waals surface area contributed by atoms with E-state index in [0.717, 1.165) is 38.6 Å². The molecule has 0 bridgehead atoms. The first-order valence-electron chi connectivity index (χ1n) is 9.22. The zero-order valence-electron chi connectivity index (χ0n) is 16.4. The van der Waals surface area contributed by atoms with E-state index in [-0.39, 0.29) is 5.76 Å². The lowest BCUT2D eigenvalue weighted by Gasteiger charge is -2.13. The molecule has 2 aromatic heterocycles. The second-order valence-corrected chi connectivity index (χ2v) is 7.30. The molecule has 0 aliphatic heterocycles. The van der Waals surface area contributed by atoms with E-state index in [2.05, 4.69) is 15.1 Å². The predicted molar refractivity (Wildman–Crippen MR) is 116 cm³/mol. The van der Waals surface area contributed by atoms with E-state index in [1.54, 1.807) is 12.3 Å². The van der Waals surface area contributed by atoms with E-state index in [1.165, 1.54) is 0 Å². The number of hydrogen-bond donors (Lipinski definition) is 1. The molecule has 0 aliphatic carbocycles. The monoisotopic (exact) mass is 405 g/mol. The number of nitrogens with zero attached hydrogens (tertiary/aromatic N) is 2. The molecule has 2 heterocycles. The number of amides is 1. The van der Waals surface area contributed by atoms with Crippen LogP contribution in [0.25, 0.3) is 16.7 Å². The minimum absolute atomic E-state index is 0.225. The average Bonchev–Trinajstić information content (AvgIpc) is 3.25. The molecule has 29 heavy (non-hydrogen) atoms. The molecule has 5 nitrogen and oxygen atoms in total. The van der Waals surface area contributed by atoms with Gasteiger partial charge in [0.25, 0.3) is 0 Å². The Hall–Kier alpha value is -3.31. The summed E-state index contributed by atoms with van der Waals surface area (Å²) in [4.78, 5) is 12.3. The van der Waals surface area contributed by atoms with Crippen molar-refractivity contribution in [1.29, 1.82) is 0 Å². The van der Waals surface area contributed by atoms with Crippen LogP contribution in [0, 0.1) is 20.8 Å². The standard InChI is InChI=1S/C23H20ClN3O2/c1-14-11-18(16(3)27(14)20-9-6-8-19(24)15(20)2)13-25-26-23(28)22-12-17-7-4-5-10-21(17)29-22/h4-13H,1-3H3,(H,26,28)/b25-13+. The molecular weight excluding hydrogens is 386 g/mol. The van der Waals surface area contributed by atoms with Crippen LogP contribution in [0.5, 0.6) is 0 Å². The zero-order chi connectivity index (χ0) is 20.5. The number of para-hydroxylation sites is 1. The molecule has 1 amide bonds. The highest BCUT2D eigenvalue weighted by atomic mass is 35.5. The van der Waals surface area contributed by atoms with Crippen molar-refractivity contribution < 1.29 is 9.21 Å². The van der Waals surface area contributed by atoms with Crippen LogP contribution < -0.4 is 5.43 Å². The fourth-order valence-corrected chi connectivity index (χ4v) is 3.61. The highest BCUT2D eigenvalue weighted by Crippen LogP contribution is 2.26. The third-order valence-corrected chi connectivity index (χ3v) is 5.38. The van der Waals surface area contributed by atoms with Crippen molar-refractivity contribution in [3.8, 4) is 5.69 Å². The summed E-state index contributed by atoms with van der Waals surface area (Å²) in [5, 5.41) is 5.72. The molecule has 0 fully saturated rings. The van der Waals surface area contributed by atoms with Crippen molar-refractivity contribution in [3.63, 3.8) is 0 Å². The molecule has 4 rings (SSSR count). The summed E-state index contributed by atoms with van der Waals surface area (Å²) in [7, 11) is 0. The number of hydrazone groups is 1. The van der Waals surface area contributed by atoms with Gasteiger partial charge in [0.1, 0.15) is 5.58 Å². The van der Waals surface area contributed by atoms with Gasteiger partial charge in [0, 0.05) is 33.0 Å². The molecule has 2 aromatic carbocycles. The summed E-state index contributed by atoms with van der Waals surface area (Å²) in [6.45, 7) is 6.03. The highest BCUT2D eigenvalue weighted by Gasteiger charge is 2.14. The largest absolute Gasteiger partial charge is 0.451 e. The van der Waals surface area contributed by atoms with E-state index >= 15 is 0 Å². The van der Waals surface area contributed by atoms with Crippen molar-refractivity contribution in [3.05, 3.63) is 87.9 Å². The van der Waals surface area contributed by atoms with Gasteiger partial charge in [-0.3, -0.25) is 4.79 Å². The quantitative estimate of drug-likeness (QED) is 0.356. The molecule has 0 unspecified atom stereocenters. The lowest BCUT2D eigenvalue weighted by molar-refractivity contribution is 0.0929. The first-order chi connectivity index (χ1) is 14.0. The third kappa shape index (κ3) is 3.57. The number of rotatable bonds is 4. The summed E-state index contributed by atoms with van der Waals surface area (Å²) >= 11 is 6.29. The van der Waals surface area contributed by atoms with E-state index < -0.39 is 5.91 Å². The van der Waals surface area contributed by atoms with Crippen molar-refractivity contribution in [2.45, 2.75) is 20.8 Å². The predicted octanol–water partition coefficient (Wildman–Crippen LogP) is 5.57. The third-order valence-electron chi connectivity index (χ3n) is 4.97. The Morgan fingerprint density at radius 1 is 1.10 bits per heavy atom. The summed E-state index contributed by atoms with van der Waals surface area (Å²) in [6, 6.07) is 17.0. The van der Waals surface area contributed by atoms with Crippen molar-refractivity contribution in [2.75, 3.05) is 0 Å². The van der Waals surface area contributed by atoms with Crippen LogP contribution in [-0.4, -0.2) is 16.7 Å². The fourth-order valence-electron chi connectivity index (χ4n) is 3.44. The van der Waals surface area contributed by atoms with Crippen LogP contribution in [-0.2, 0) is 0 Å². The first-order valence-corrected chi connectivity index (χ1v) is 9.60. The van der Waals surface area contributed by atoms with Crippen molar-refractivity contribution in [1.82, 2.24) is 9.99 Å². The van der Waals surface area contributed by atoms with Crippen LogP contribution in [0.1, 0.15) is 33.1 Å². The molecule has 0 radical (unpaired) electrons. The maximum Gasteiger partial charge on any atom is 0.307 e. The molecule has 0 spiro atoms. The summed E-state index contributed by atoms with van der Waals surface area (Å²) in [5.41, 5.74) is 8.21. The lowest BCUT2D eigenvalue weighted by atomic mass is 10.2. The fraction of sp³-hybridized carbons (Fsp3) is 0.130. The maximum atomic E-state index is 12.3. The normalized spacial score (nSPS) is 11.4. The van der Waals surface area contributed by atoms with E-state index in [9.17, 15) is 4.79 Å². The van der Waals surface area contributed by atoms with Crippen molar-refractivity contribution in [2.24, 2.45) is 5.10 Å². The van der Waals surface area contributed by atoms with Gasteiger partial charge in [0.15, 0.2) is 5.76 Å². The first kappa shape index (κ1) is 19.0. The number of furan rings is 1. The second-order valence-electron chi connectivity index (χ2n) is 6.89. The summed E-state index contributed by atoms with van der Waals surface area (Å²) < 4.78 is 7.69. The van der Waals surface area contributed by atoms with E-state index in [0.29, 0.717) is 5.58 Å². The highest BCUT2D eigenvalue weighted by molar-refractivity contribution is 6.31. The van der Waals surface area contributed by atoms with Crippen LogP contribution in [0.2, 0.25) is 5.02 Å². The van der Waals surface area contributed by atoms with Gasteiger partial charge in [-0.2, -0.15) is 5.10 Å². The number of nitrogens with one attached hydrogen (secondary N) is 1. The number of fused-ring (bicyclic) bond motifs is 1. The molecule has 0 atom stereocenters. The molecule has 1 N–H and O–H groups in total. The number of aryl methyl sites for hydroxylation is 1. The minimum atomic E-state index is -0.392. The minimum Gasteiger partial charge on any atom is -0.451 e. The number of carbonyl (C=O) groups is 1. The molecule has 4 aromatic rings. The van der Waals surface area contributed by atoms with E-state index in [4.69, 9.17) is 16.0 Å². The van der Waals surface area contributed by atoms with Gasteiger partial charge < -0.3 is 8.98 Å². The van der Waals surface area contributed by atoms with E-state index in [1.807, 2.05) is 69.3 Å². The molecule has 146 valence electrons. The van der Waals surface area contributed by atoms with Gasteiger partial charge in [-0.05, 0) is 56.7 Å². The molecule has 6 heteroatoms. The Balaban J connectivity index is 1.56. The molecular formula is C23H20ClN3O2. The molecule has 0 aliphatic rings.